The molecule has 1 fully saturated rings. The minimum Gasteiger partial charge on any atom is -0.396 e. The first-order chi connectivity index (χ1) is 9.56. The van der Waals surface area contributed by atoms with Crippen LogP contribution in [0.2, 0.25) is 0 Å². The highest BCUT2D eigenvalue weighted by atomic mass is 16.1. The van der Waals surface area contributed by atoms with E-state index in [1.807, 2.05) is 0 Å². The Balaban J connectivity index is 1.97. The topological polar surface area (TPSA) is 97.3 Å². The van der Waals surface area contributed by atoms with Crippen LogP contribution in [0.4, 0.5) is 11.5 Å². The quantitative estimate of drug-likeness (QED) is 0.747. The smallest absolute Gasteiger partial charge is 0.267 e. The van der Waals surface area contributed by atoms with Crippen molar-refractivity contribution in [1.82, 2.24) is 9.88 Å². The van der Waals surface area contributed by atoms with Crippen molar-refractivity contribution in [1.29, 1.82) is 0 Å². The van der Waals surface area contributed by atoms with Crippen LogP contribution in [-0.4, -0.2) is 41.5 Å². The van der Waals surface area contributed by atoms with Gasteiger partial charge in [0.05, 0.1) is 5.69 Å². The highest BCUT2D eigenvalue weighted by Crippen LogP contribution is 2.17. The number of anilines is 2. The lowest BCUT2D eigenvalue weighted by Crippen LogP contribution is -2.38. The Morgan fingerprint density at radius 3 is 2.75 bits per heavy atom. The van der Waals surface area contributed by atoms with Crippen molar-refractivity contribution in [3.8, 4) is 0 Å². The molecule has 1 amide bonds. The van der Waals surface area contributed by atoms with Crippen LogP contribution in [0.25, 0.3) is 0 Å². The van der Waals surface area contributed by atoms with Crippen LogP contribution in [0.15, 0.2) is 12.1 Å². The Morgan fingerprint density at radius 2 is 2.10 bits per heavy atom. The van der Waals surface area contributed by atoms with E-state index in [-0.39, 0.29) is 11.7 Å². The Hall–Kier alpha value is -1.82. The monoisotopic (exact) mass is 277 g/mol. The second-order valence-electron chi connectivity index (χ2n) is 5.41. The Kier molecular flexibility index (Phi) is 4.79. The lowest BCUT2D eigenvalue weighted by molar-refractivity contribution is 0.0995. The van der Waals surface area contributed by atoms with Crippen molar-refractivity contribution in [2.45, 2.75) is 32.2 Å². The van der Waals surface area contributed by atoms with Crippen molar-refractivity contribution < 1.29 is 4.79 Å². The number of carbonyl (C=O) groups is 1. The molecule has 110 valence electrons. The fourth-order valence-electron chi connectivity index (χ4n) is 2.53. The number of pyridine rings is 1. The van der Waals surface area contributed by atoms with E-state index in [1.165, 1.54) is 25.3 Å². The van der Waals surface area contributed by atoms with Gasteiger partial charge < -0.3 is 21.7 Å². The molecule has 0 saturated carbocycles. The summed E-state index contributed by atoms with van der Waals surface area (Å²) in [6, 6.07) is 3.41. The van der Waals surface area contributed by atoms with Gasteiger partial charge in [-0.05, 0) is 45.0 Å². The lowest BCUT2D eigenvalue weighted by Gasteiger charge is -2.29. The molecule has 1 aromatic rings. The average Bonchev–Trinajstić information content (AvgIpc) is 2.42. The van der Waals surface area contributed by atoms with E-state index in [4.69, 9.17) is 11.5 Å². The molecular weight excluding hydrogens is 254 g/mol. The van der Waals surface area contributed by atoms with E-state index in [9.17, 15) is 4.79 Å². The molecule has 6 heteroatoms. The number of nitrogens with one attached hydrogen (secondary N) is 1. The summed E-state index contributed by atoms with van der Waals surface area (Å²) in [6.07, 6.45) is 3.86. The van der Waals surface area contributed by atoms with Gasteiger partial charge in [-0.2, -0.15) is 0 Å². The molecule has 0 bridgehead atoms. The second-order valence-corrected chi connectivity index (χ2v) is 5.41. The predicted octanol–water partition coefficient (Wildman–Crippen LogP) is 1.05. The van der Waals surface area contributed by atoms with Crippen molar-refractivity contribution in [2.24, 2.45) is 5.73 Å². The molecule has 0 aromatic carbocycles. The van der Waals surface area contributed by atoms with E-state index in [0.29, 0.717) is 11.5 Å². The van der Waals surface area contributed by atoms with Gasteiger partial charge in [-0.15, -0.1) is 0 Å². The molecule has 1 atom stereocenters. The number of aromatic nitrogens is 1. The number of carbonyl (C=O) groups excluding carboxylic acids is 1. The Labute approximate surface area is 119 Å². The van der Waals surface area contributed by atoms with Gasteiger partial charge in [-0.25, -0.2) is 4.98 Å². The summed E-state index contributed by atoms with van der Waals surface area (Å²) < 4.78 is 0. The van der Waals surface area contributed by atoms with Gasteiger partial charge in [-0.3, -0.25) is 4.79 Å². The second kappa shape index (κ2) is 6.56. The Bertz CT molecular complexity index is 471. The van der Waals surface area contributed by atoms with Crippen molar-refractivity contribution >= 4 is 17.4 Å². The van der Waals surface area contributed by atoms with Crippen LogP contribution in [-0.2, 0) is 0 Å². The van der Waals surface area contributed by atoms with Crippen LogP contribution in [0.5, 0.6) is 0 Å². The molecule has 1 aromatic heterocycles. The normalized spacial score (nSPS) is 17.6. The van der Waals surface area contributed by atoms with Crippen LogP contribution >= 0.6 is 0 Å². The first kappa shape index (κ1) is 14.6. The molecule has 1 unspecified atom stereocenters. The molecule has 1 aliphatic heterocycles. The number of rotatable bonds is 5. The van der Waals surface area contributed by atoms with Gasteiger partial charge in [-0.1, -0.05) is 6.42 Å². The standard InChI is InChI=1S/C14H23N5O/c1-10(9-19-7-3-2-4-8-19)17-14-11(15)5-6-12(18-14)13(16)20/h5-6,10H,2-4,7-9,15H2,1H3,(H2,16,20)(H,17,18). The molecule has 6 nitrogen and oxygen atoms in total. The van der Waals surface area contributed by atoms with E-state index in [1.54, 1.807) is 6.07 Å². The summed E-state index contributed by atoms with van der Waals surface area (Å²) in [6.45, 7) is 5.33. The first-order valence-corrected chi connectivity index (χ1v) is 7.11. The number of amides is 1. The van der Waals surface area contributed by atoms with Gasteiger partial charge in [0.2, 0.25) is 0 Å². The first-order valence-electron chi connectivity index (χ1n) is 7.11. The third-order valence-corrected chi connectivity index (χ3v) is 3.54. The van der Waals surface area contributed by atoms with Gasteiger partial charge in [0.25, 0.3) is 5.91 Å². The number of likely N-dealkylation sites (tertiary alicyclic amines) is 1. The summed E-state index contributed by atoms with van der Waals surface area (Å²) in [4.78, 5) is 17.8. The summed E-state index contributed by atoms with van der Waals surface area (Å²) in [5.41, 5.74) is 11.9. The van der Waals surface area contributed by atoms with Gasteiger partial charge in [0.1, 0.15) is 11.5 Å². The zero-order valence-corrected chi connectivity index (χ0v) is 11.9. The molecule has 1 aliphatic rings. The van der Waals surface area contributed by atoms with E-state index < -0.39 is 5.91 Å². The minimum atomic E-state index is -0.545. The number of hydrogen-bond donors (Lipinski definition) is 3. The molecule has 0 aliphatic carbocycles. The SMILES string of the molecule is CC(CN1CCCCC1)Nc1nc(C(N)=O)ccc1N. The van der Waals surface area contributed by atoms with Crippen LogP contribution < -0.4 is 16.8 Å². The maximum absolute atomic E-state index is 11.2. The number of nitrogens with two attached hydrogens (primary N) is 2. The van der Waals surface area contributed by atoms with Crippen LogP contribution in [0, 0.1) is 0 Å². The summed E-state index contributed by atoms with van der Waals surface area (Å²) in [5.74, 6) is -0.0115. The number of piperidine rings is 1. The molecule has 0 spiro atoms. The predicted molar refractivity (Wildman–Crippen MR) is 80.5 cm³/mol. The molecule has 0 radical (unpaired) electrons. The van der Waals surface area contributed by atoms with Crippen molar-refractivity contribution in [3.63, 3.8) is 0 Å². The fraction of sp³-hybridized carbons (Fsp3) is 0.571. The Morgan fingerprint density at radius 1 is 1.40 bits per heavy atom. The van der Waals surface area contributed by atoms with Gasteiger partial charge >= 0.3 is 0 Å². The number of nitrogens with zero attached hydrogens (tertiary/aromatic N) is 2. The van der Waals surface area contributed by atoms with Crippen molar-refractivity contribution in [2.75, 3.05) is 30.7 Å². The third kappa shape index (κ3) is 3.84. The molecule has 2 rings (SSSR count). The minimum absolute atomic E-state index is 0.214. The van der Waals surface area contributed by atoms with Crippen LogP contribution in [0.1, 0.15) is 36.7 Å². The van der Waals surface area contributed by atoms with Crippen molar-refractivity contribution in [3.05, 3.63) is 17.8 Å². The summed E-state index contributed by atoms with van der Waals surface area (Å²) in [7, 11) is 0. The van der Waals surface area contributed by atoms with E-state index in [0.717, 1.165) is 19.6 Å². The summed E-state index contributed by atoms with van der Waals surface area (Å²) in [5, 5.41) is 3.27. The molecule has 2 heterocycles. The summed E-state index contributed by atoms with van der Waals surface area (Å²) >= 11 is 0. The fourth-order valence-corrected chi connectivity index (χ4v) is 2.53. The maximum Gasteiger partial charge on any atom is 0.267 e. The molecule has 5 N–H and O–H groups in total. The molecule has 1 saturated heterocycles. The lowest BCUT2D eigenvalue weighted by atomic mass is 10.1. The highest BCUT2D eigenvalue weighted by Gasteiger charge is 2.15. The van der Waals surface area contributed by atoms with E-state index in [2.05, 4.69) is 22.1 Å². The average molecular weight is 277 g/mol. The number of nitrogen functional groups attached to an aromatic ring is 1. The zero-order chi connectivity index (χ0) is 14.5. The largest absolute Gasteiger partial charge is 0.396 e. The number of primary amides is 1. The van der Waals surface area contributed by atoms with Gasteiger partial charge in [0.15, 0.2) is 0 Å². The molecular formula is C14H23N5O. The van der Waals surface area contributed by atoms with Crippen LogP contribution in [0.3, 0.4) is 0 Å². The number of hydrogen-bond acceptors (Lipinski definition) is 5. The maximum atomic E-state index is 11.2. The molecule has 20 heavy (non-hydrogen) atoms. The highest BCUT2D eigenvalue weighted by molar-refractivity contribution is 5.91. The van der Waals surface area contributed by atoms with Gasteiger partial charge in [0, 0.05) is 12.6 Å². The zero-order valence-electron chi connectivity index (χ0n) is 11.9. The third-order valence-electron chi connectivity index (χ3n) is 3.54. The van der Waals surface area contributed by atoms with E-state index >= 15 is 0 Å².